The van der Waals surface area contributed by atoms with Crippen LogP contribution in [0.4, 0.5) is 0 Å². The summed E-state index contributed by atoms with van der Waals surface area (Å²) in [6.07, 6.45) is 7.09. The van der Waals surface area contributed by atoms with Gasteiger partial charge >= 0.3 is 0 Å². The Morgan fingerprint density at radius 2 is 1.94 bits per heavy atom. The van der Waals surface area contributed by atoms with E-state index in [9.17, 15) is 4.79 Å². The minimum absolute atomic E-state index is 0.0944. The van der Waals surface area contributed by atoms with Gasteiger partial charge in [-0.3, -0.25) is 4.79 Å². The number of hydrogen-bond acceptors (Lipinski definition) is 2. The molecule has 0 radical (unpaired) electrons. The van der Waals surface area contributed by atoms with E-state index >= 15 is 0 Å². The van der Waals surface area contributed by atoms with E-state index in [1.54, 1.807) is 0 Å². The molecule has 0 aromatic rings. The monoisotopic (exact) mass is 238 g/mol. The topological polar surface area (TPSA) is 32.3 Å². The lowest BCUT2D eigenvalue weighted by atomic mass is 9.93. The van der Waals surface area contributed by atoms with E-state index in [0.29, 0.717) is 11.9 Å². The highest BCUT2D eigenvalue weighted by Crippen LogP contribution is 2.22. The summed E-state index contributed by atoms with van der Waals surface area (Å²) in [4.78, 5) is 14.4. The molecule has 2 rings (SSSR count). The molecule has 98 valence electrons. The fourth-order valence-electron chi connectivity index (χ4n) is 3.12. The number of rotatable bonds is 2. The van der Waals surface area contributed by atoms with Crippen LogP contribution in [0.3, 0.4) is 0 Å². The van der Waals surface area contributed by atoms with Gasteiger partial charge in [-0.1, -0.05) is 13.3 Å². The molecule has 0 aromatic carbocycles. The maximum atomic E-state index is 12.4. The zero-order valence-electron chi connectivity index (χ0n) is 11.2. The zero-order chi connectivity index (χ0) is 12.3. The molecule has 2 aliphatic rings. The third-order valence-electron chi connectivity index (χ3n) is 4.42. The average Bonchev–Trinajstić information content (AvgIpc) is 2.38. The van der Waals surface area contributed by atoms with Crippen LogP contribution in [0, 0.1) is 5.92 Å². The summed E-state index contributed by atoms with van der Waals surface area (Å²) in [5, 5.41) is 3.45. The third-order valence-corrected chi connectivity index (χ3v) is 4.42. The molecule has 0 spiro atoms. The first-order valence-corrected chi connectivity index (χ1v) is 7.25. The van der Waals surface area contributed by atoms with Gasteiger partial charge in [0.05, 0.1) is 6.04 Å². The quantitative estimate of drug-likeness (QED) is 0.799. The number of amides is 1. The summed E-state index contributed by atoms with van der Waals surface area (Å²) in [5.41, 5.74) is 0. The summed E-state index contributed by atoms with van der Waals surface area (Å²) < 4.78 is 0. The van der Waals surface area contributed by atoms with Crippen molar-refractivity contribution in [2.24, 2.45) is 5.92 Å². The van der Waals surface area contributed by atoms with Crippen LogP contribution >= 0.6 is 0 Å². The lowest BCUT2D eigenvalue weighted by Gasteiger charge is -2.36. The fourth-order valence-corrected chi connectivity index (χ4v) is 3.12. The van der Waals surface area contributed by atoms with E-state index in [2.05, 4.69) is 24.1 Å². The molecule has 2 atom stereocenters. The van der Waals surface area contributed by atoms with Crippen LogP contribution in [0.15, 0.2) is 0 Å². The molecule has 2 fully saturated rings. The van der Waals surface area contributed by atoms with Crippen LogP contribution in [0.25, 0.3) is 0 Å². The van der Waals surface area contributed by atoms with E-state index in [4.69, 9.17) is 0 Å². The molecule has 2 saturated heterocycles. The van der Waals surface area contributed by atoms with Gasteiger partial charge < -0.3 is 10.2 Å². The molecule has 0 saturated carbocycles. The summed E-state index contributed by atoms with van der Waals surface area (Å²) in [6, 6.07) is 0.600. The molecular weight excluding hydrogens is 212 g/mol. The van der Waals surface area contributed by atoms with Crippen molar-refractivity contribution in [1.29, 1.82) is 0 Å². The lowest BCUT2D eigenvalue weighted by Crippen LogP contribution is -2.53. The highest BCUT2D eigenvalue weighted by molar-refractivity contribution is 5.82. The van der Waals surface area contributed by atoms with E-state index in [0.717, 1.165) is 25.4 Å². The first kappa shape index (κ1) is 12.9. The Bertz CT molecular complexity index is 259. The number of likely N-dealkylation sites (tertiary alicyclic amines) is 1. The lowest BCUT2D eigenvalue weighted by molar-refractivity contribution is -0.135. The highest BCUT2D eigenvalue weighted by atomic mass is 16.2. The van der Waals surface area contributed by atoms with Gasteiger partial charge in [-0.25, -0.2) is 0 Å². The number of nitrogens with one attached hydrogen (secondary N) is 1. The van der Waals surface area contributed by atoms with Crippen molar-refractivity contribution in [3.8, 4) is 0 Å². The third kappa shape index (κ3) is 3.21. The second-order valence-corrected chi connectivity index (χ2v) is 5.73. The summed E-state index contributed by atoms with van der Waals surface area (Å²) in [5.74, 6) is 1.20. The van der Waals surface area contributed by atoms with Gasteiger partial charge in [0, 0.05) is 19.1 Å². The number of piperidine rings is 2. The normalized spacial score (nSPS) is 31.5. The van der Waals surface area contributed by atoms with Crippen LogP contribution in [0.5, 0.6) is 0 Å². The predicted octanol–water partition coefficient (Wildman–Crippen LogP) is 2.17. The molecule has 1 N–H and O–H groups in total. The number of carbonyl (C=O) groups is 1. The summed E-state index contributed by atoms with van der Waals surface area (Å²) in [6.45, 7) is 6.39. The van der Waals surface area contributed by atoms with Crippen LogP contribution in [-0.4, -0.2) is 36.0 Å². The van der Waals surface area contributed by atoms with Crippen molar-refractivity contribution in [2.45, 2.75) is 64.5 Å². The Kier molecular flexibility index (Phi) is 4.43. The van der Waals surface area contributed by atoms with E-state index < -0.39 is 0 Å². The Labute approximate surface area is 105 Å². The maximum Gasteiger partial charge on any atom is 0.239 e. The molecule has 0 aliphatic carbocycles. The highest BCUT2D eigenvalue weighted by Gasteiger charge is 2.30. The molecule has 3 heteroatoms. The predicted molar refractivity (Wildman–Crippen MR) is 69.8 cm³/mol. The Morgan fingerprint density at radius 3 is 2.53 bits per heavy atom. The molecule has 0 bridgehead atoms. The van der Waals surface area contributed by atoms with Gasteiger partial charge in [-0.2, -0.15) is 0 Å². The van der Waals surface area contributed by atoms with Gasteiger partial charge in [-0.15, -0.1) is 0 Å². The molecular formula is C14H26N2O. The Balaban J connectivity index is 1.83. The second-order valence-electron chi connectivity index (χ2n) is 5.73. The molecule has 2 unspecified atom stereocenters. The van der Waals surface area contributed by atoms with Gasteiger partial charge in [0.25, 0.3) is 0 Å². The number of nitrogens with zero attached hydrogens (tertiary/aromatic N) is 1. The maximum absolute atomic E-state index is 12.4. The van der Waals surface area contributed by atoms with E-state index in [1.165, 1.54) is 32.1 Å². The largest absolute Gasteiger partial charge is 0.341 e. The standard InChI is InChI=1S/C14H26N2O/c1-3-12-7-9-16(10-8-12)14(17)13-6-4-5-11(2)15-13/h11-13,15H,3-10H2,1-2H3. The molecule has 3 nitrogen and oxygen atoms in total. The first-order chi connectivity index (χ1) is 8.20. The molecule has 2 heterocycles. The van der Waals surface area contributed by atoms with Gasteiger partial charge in [0.15, 0.2) is 0 Å². The smallest absolute Gasteiger partial charge is 0.239 e. The molecule has 0 aromatic heterocycles. The Hall–Kier alpha value is -0.570. The number of carbonyl (C=O) groups excluding carboxylic acids is 1. The minimum Gasteiger partial charge on any atom is -0.341 e. The average molecular weight is 238 g/mol. The van der Waals surface area contributed by atoms with Gasteiger partial charge in [0.1, 0.15) is 0 Å². The Morgan fingerprint density at radius 1 is 1.24 bits per heavy atom. The summed E-state index contributed by atoms with van der Waals surface area (Å²) >= 11 is 0. The van der Waals surface area contributed by atoms with Crippen LogP contribution in [-0.2, 0) is 4.79 Å². The zero-order valence-corrected chi connectivity index (χ0v) is 11.2. The first-order valence-electron chi connectivity index (χ1n) is 7.25. The number of hydrogen-bond donors (Lipinski definition) is 1. The van der Waals surface area contributed by atoms with Crippen LogP contribution in [0.1, 0.15) is 52.4 Å². The van der Waals surface area contributed by atoms with Crippen molar-refractivity contribution in [3.05, 3.63) is 0 Å². The van der Waals surface area contributed by atoms with Crippen molar-refractivity contribution >= 4 is 5.91 Å². The van der Waals surface area contributed by atoms with Crippen molar-refractivity contribution < 1.29 is 4.79 Å². The molecule has 17 heavy (non-hydrogen) atoms. The van der Waals surface area contributed by atoms with Crippen LogP contribution < -0.4 is 5.32 Å². The summed E-state index contributed by atoms with van der Waals surface area (Å²) in [7, 11) is 0. The fraction of sp³-hybridized carbons (Fsp3) is 0.929. The van der Waals surface area contributed by atoms with Crippen molar-refractivity contribution in [2.75, 3.05) is 13.1 Å². The van der Waals surface area contributed by atoms with Gasteiger partial charge in [0.2, 0.25) is 5.91 Å². The van der Waals surface area contributed by atoms with Gasteiger partial charge in [-0.05, 0) is 44.9 Å². The van der Waals surface area contributed by atoms with E-state index in [-0.39, 0.29) is 6.04 Å². The molecule has 1 amide bonds. The van der Waals surface area contributed by atoms with Crippen molar-refractivity contribution in [3.63, 3.8) is 0 Å². The second kappa shape index (κ2) is 5.85. The molecule has 2 aliphatic heterocycles. The van der Waals surface area contributed by atoms with Crippen LogP contribution in [0.2, 0.25) is 0 Å². The van der Waals surface area contributed by atoms with Crippen molar-refractivity contribution in [1.82, 2.24) is 10.2 Å². The SMILES string of the molecule is CCC1CCN(C(=O)C2CCCC(C)N2)CC1. The minimum atomic E-state index is 0.0944. The van der Waals surface area contributed by atoms with E-state index in [1.807, 2.05) is 0 Å².